The number of rotatable bonds is 3. The number of nitrogens with one attached hydrogen (secondary N) is 1. The predicted molar refractivity (Wildman–Crippen MR) is 55.2 cm³/mol. The van der Waals surface area contributed by atoms with Crippen molar-refractivity contribution in [3.63, 3.8) is 0 Å². The van der Waals surface area contributed by atoms with Crippen molar-refractivity contribution in [3.05, 3.63) is 0 Å². The van der Waals surface area contributed by atoms with Crippen LogP contribution in [0.25, 0.3) is 0 Å². The Morgan fingerprint density at radius 3 is 2.80 bits per heavy atom. The molecular formula is C10H17N3O2. The summed E-state index contributed by atoms with van der Waals surface area (Å²) in [4.78, 5) is 13.3. The third-order valence-electron chi connectivity index (χ3n) is 2.55. The molecule has 0 aromatic carbocycles. The second-order valence-electron chi connectivity index (χ2n) is 3.62. The van der Waals surface area contributed by atoms with Crippen LogP contribution < -0.4 is 5.32 Å². The topological polar surface area (TPSA) is 65.4 Å². The zero-order chi connectivity index (χ0) is 11.1. The fraction of sp³-hybridized carbons (Fsp3) is 0.800. The summed E-state index contributed by atoms with van der Waals surface area (Å²) in [5.74, 6) is 0.119. The van der Waals surface area contributed by atoms with Crippen molar-refractivity contribution in [2.75, 3.05) is 33.4 Å². The summed E-state index contributed by atoms with van der Waals surface area (Å²) < 4.78 is 4.84. The molecule has 1 rings (SSSR count). The van der Waals surface area contributed by atoms with E-state index in [0.29, 0.717) is 26.2 Å². The lowest BCUT2D eigenvalue weighted by molar-refractivity contribution is 0.167. The number of urea groups is 1. The fourth-order valence-electron chi connectivity index (χ4n) is 1.58. The van der Waals surface area contributed by atoms with Crippen LogP contribution in [-0.2, 0) is 4.74 Å². The van der Waals surface area contributed by atoms with Crippen LogP contribution in [0.3, 0.4) is 0 Å². The van der Waals surface area contributed by atoms with Crippen molar-refractivity contribution in [1.29, 1.82) is 5.26 Å². The van der Waals surface area contributed by atoms with E-state index in [2.05, 4.69) is 11.4 Å². The number of hydrogen-bond donors (Lipinski definition) is 1. The first-order chi connectivity index (χ1) is 7.27. The number of nitrogens with zero attached hydrogens (tertiary/aromatic N) is 2. The van der Waals surface area contributed by atoms with E-state index in [1.165, 1.54) is 0 Å². The van der Waals surface area contributed by atoms with Crippen molar-refractivity contribution in [1.82, 2.24) is 10.2 Å². The average Bonchev–Trinajstić information content (AvgIpc) is 2.29. The summed E-state index contributed by atoms with van der Waals surface area (Å²) in [5.41, 5.74) is 0. The molecular weight excluding hydrogens is 194 g/mol. The van der Waals surface area contributed by atoms with Gasteiger partial charge in [0.1, 0.15) is 0 Å². The molecule has 5 heteroatoms. The molecule has 0 atom stereocenters. The molecule has 1 N–H and O–H groups in total. The minimum absolute atomic E-state index is 0.0524. The number of nitriles is 1. The molecule has 1 heterocycles. The third kappa shape index (κ3) is 3.76. The van der Waals surface area contributed by atoms with Gasteiger partial charge in [0.2, 0.25) is 0 Å². The second-order valence-corrected chi connectivity index (χ2v) is 3.62. The fourth-order valence-corrected chi connectivity index (χ4v) is 1.58. The maximum Gasteiger partial charge on any atom is 0.317 e. The van der Waals surface area contributed by atoms with Crippen LogP contribution >= 0.6 is 0 Å². The molecule has 5 nitrogen and oxygen atoms in total. The average molecular weight is 211 g/mol. The Hall–Kier alpha value is -1.28. The van der Waals surface area contributed by atoms with Crippen molar-refractivity contribution in [3.8, 4) is 6.07 Å². The van der Waals surface area contributed by atoms with Crippen LogP contribution in [0.4, 0.5) is 4.79 Å². The van der Waals surface area contributed by atoms with E-state index >= 15 is 0 Å². The molecule has 0 aromatic rings. The van der Waals surface area contributed by atoms with Crippen LogP contribution in [-0.4, -0.2) is 44.3 Å². The summed E-state index contributed by atoms with van der Waals surface area (Å²) in [5, 5.41) is 11.5. The van der Waals surface area contributed by atoms with Crippen LogP contribution in [0.5, 0.6) is 0 Å². The first kappa shape index (κ1) is 11.8. The number of amides is 2. The first-order valence-electron chi connectivity index (χ1n) is 5.19. The Labute approximate surface area is 90.0 Å². The molecule has 1 aliphatic rings. The summed E-state index contributed by atoms with van der Waals surface area (Å²) in [6.45, 7) is 2.42. The Balaban J connectivity index is 2.21. The molecule has 1 saturated heterocycles. The largest absolute Gasteiger partial charge is 0.383 e. The van der Waals surface area contributed by atoms with E-state index in [-0.39, 0.29) is 11.9 Å². The van der Waals surface area contributed by atoms with E-state index in [1.807, 2.05) is 0 Å². The Bertz CT molecular complexity index is 242. The summed E-state index contributed by atoms with van der Waals surface area (Å²) >= 11 is 0. The highest BCUT2D eigenvalue weighted by Crippen LogP contribution is 2.15. The van der Waals surface area contributed by atoms with Gasteiger partial charge in [-0.05, 0) is 12.8 Å². The van der Waals surface area contributed by atoms with Gasteiger partial charge in [0.15, 0.2) is 0 Å². The quantitative estimate of drug-likeness (QED) is 0.694. The normalized spacial score (nSPS) is 17.2. The zero-order valence-electron chi connectivity index (χ0n) is 9.03. The lowest BCUT2D eigenvalue weighted by Crippen LogP contribution is -2.45. The molecule has 1 fully saturated rings. The van der Waals surface area contributed by atoms with E-state index in [9.17, 15) is 4.79 Å². The van der Waals surface area contributed by atoms with Crippen molar-refractivity contribution < 1.29 is 9.53 Å². The lowest BCUT2D eigenvalue weighted by atomic mass is 9.99. The second kappa shape index (κ2) is 6.25. The number of ether oxygens (including phenoxy) is 1. The number of likely N-dealkylation sites (tertiary alicyclic amines) is 1. The number of piperidine rings is 1. The number of carbonyl (C=O) groups is 1. The molecule has 0 bridgehead atoms. The highest BCUT2D eigenvalue weighted by molar-refractivity contribution is 5.74. The van der Waals surface area contributed by atoms with Crippen molar-refractivity contribution >= 4 is 6.03 Å². The maximum absolute atomic E-state index is 11.5. The van der Waals surface area contributed by atoms with Gasteiger partial charge in [0, 0.05) is 32.7 Å². The van der Waals surface area contributed by atoms with E-state index < -0.39 is 0 Å². The summed E-state index contributed by atoms with van der Waals surface area (Å²) in [6.07, 6.45) is 1.57. The van der Waals surface area contributed by atoms with Crippen LogP contribution in [0.15, 0.2) is 0 Å². The lowest BCUT2D eigenvalue weighted by Gasteiger charge is -2.29. The number of carbonyl (C=O) groups excluding carboxylic acids is 1. The van der Waals surface area contributed by atoms with Crippen molar-refractivity contribution in [2.45, 2.75) is 12.8 Å². The molecule has 0 unspecified atom stereocenters. The zero-order valence-corrected chi connectivity index (χ0v) is 9.03. The molecule has 0 saturated carbocycles. The Morgan fingerprint density at radius 2 is 2.27 bits per heavy atom. The molecule has 1 aliphatic heterocycles. The molecule has 15 heavy (non-hydrogen) atoms. The maximum atomic E-state index is 11.5. The molecule has 0 aromatic heterocycles. The van der Waals surface area contributed by atoms with Gasteiger partial charge in [-0.25, -0.2) is 4.79 Å². The predicted octanol–water partition coefficient (Wildman–Crippen LogP) is 0.578. The van der Waals surface area contributed by atoms with Gasteiger partial charge in [-0.15, -0.1) is 0 Å². The van der Waals surface area contributed by atoms with Gasteiger partial charge >= 0.3 is 6.03 Å². The van der Waals surface area contributed by atoms with E-state index in [0.717, 1.165) is 12.8 Å². The standard InChI is InChI=1S/C10H17N3O2/c1-15-7-4-12-10(14)13-5-2-9(8-11)3-6-13/h9H,2-7H2,1H3,(H,12,14). The minimum atomic E-state index is -0.0524. The highest BCUT2D eigenvalue weighted by Gasteiger charge is 2.21. The van der Waals surface area contributed by atoms with Crippen LogP contribution in [0.2, 0.25) is 0 Å². The number of methoxy groups -OCH3 is 1. The van der Waals surface area contributed by atoms with Gasteiger partial charge in [-0.2, -0.15) is 5.26 Å². The van der Waals surface area contributed by atoms with Crippen LogP contribution in [0.1, 0.15) is 12.8 Å². The minimum Gasteiger partial charge on any atom is -0.383 e. The molecule has 0 spiro atoms. The van der Waals surface area contributed by atoms with E-state index in [1.54, 1.807) is 12.0 Å². The molecule has 0 aliphatic carbocycles. The van der Waals surface area contributed by atoms with Gasteiger partial charge in [0.25, 0.3) is 0 Å². The summed E-state index contributed by atoms with van der Waals surface area (Å²) in [6, 6.07) is 2.18. The smallest absolute Gasteiger partial charge is 0.317 e. The monoisotopic (exact) mass is 211 g/mol. The molecule has 84 valence electrons. The van der Waals surface area contributed by atoms with Gasteiger partial charge < -0.3 is 15.0 Å². The third-order valence-corrected chi connectivity index (χ3v) is 2.55. The Morgan fingerprint density at radius 1 is 1.60 bits per heavy atom. The first-order valence-corrected chi connectivity index (χ1v) is 5.19. The number of hydrogen-bond acceptors (Lipinski definition) is 3. The highest BCUT2D eigenvalue weighted by atomic mass is 16.5. The Kier molecular flexibility index (Phi) is 4.91. The van der Waals surface area contributed by atoms with E-state index in [4.69, 9.17) is 10.00 Å². The van der Waals surface area contributed by atoms with Gasteiger partial charge in [-0.3, -0.25) is 0 Å². The van der Waals surface area contributed by atoms with Gasteiger partial charge in [0.05, 0.1) is 12.7 Å². The molecule has 2 amide bonds. The summed E-state index contributed by atoms with van der Waals surface area (Å²) in [7, 11) is 1.60. The molecule has 0 radical (unpaired) electrons. The SMILES string of the molecule is COCCNC(=O)N1CCC(C#N)CC1. The van der Waals surface area contributed by atoms with Crippen molar-refractivity contribution in [2.24, 2.45) is 5.92 Å². The van der Waals surface area contributed by atoms with Gasteiger partial charge in [-0.1, -0.05) is 0 Å². The van der Waals surface area contributed by atoms with Crippen LogP contribution in [0, 0.1) is 17.2 Å².